The smallest absolute Gasteiger partial charge is 0.123 e. The van der Waals surface area contributed by atoms with Crippen LogP contribution in [0.4, 0.5) is 4.39 Å². The number of hydrogen-bond acceptors (Lipinski definition) is 1. The van der Waals surface area contributed by atoms with Gasteiger partial charge >= 0.3 is 0 Å². The molecule has 0 bridgehead atoms. The molecule has 0 aliphatic rings. The van der Waals surface area contributed by atoms with Gasteiger partial charge in [0, 0.05) is 5.54 Å². The highest BCUT2D eigenvalue weighted by atomic mass is 19.1. The lowest BCUT2D eigenvalue weighted by atomic mass is 9.84. The van der Waals surface area contributed by atoms with Crippen molar-refractivity contribution in [2.24, 2.45) is 5.73 Å². The maximum atomic E-state index is 13.1. The molecule has 0 amide bonds. The van der Waals surface area contributed by atoms with Crippen molar-refractivity contribution in [2.45, 2.75) is 25.8 Å². The molecule has 18 heavy (non-hydrogen) atoms. The maximum Gasteiger partial charge on any atom is 0.123 e. The van der Waals surface area contributed by atoms with Gasteiger partial charge in [-0.2, -0.15) is 0 Å². The normalized spacial score (nSPS) is 14.2. The van der Waals surface area contributed by atoms with E-state index in [9.17, 15) is 4.39 Å². The Morgan fingerprint density at radius 3 is 2.39 bits per heavy atom. The summed E-state index contributed by atoms with van der Waals surface area (Å²) in [7, 11) is 0. The summed E-state index contributed by atoms with van der Waals surface area (Å²) in [6, 6.07) is 14.9. The Morgan fingerprint density at radius 2 is 1.78 bits per heavy atom. The van der Waals surface area contributed by atoms with E-state index >= 15 is 0 Å². The third-order valence-electron chi connectivity index (χ3n) is 3.22. The molecule has 0 aliphatic heterocycles. The highest BCUT2D eigenvalue weighted by Gasteiger charge is 2.23. The zero-order valence-corrected chi connectivity index (χ0v) is 10.8. The van der Waals surface area contributed by atoms with Crippen LogP contribution in [0, 0.1) is 12.7 Å². The summed E-state index contributed by atoms with van der Waals surface area (Å²) in [5.41, 5.74) is 8.99. The minimum Gasteiger partial charge on any atom is -0.321 e. The first-order valence-corrected chi connectivity index (χ1v) is 6.08. The van der Waals surface area contributed by atoms with Gasteiger partial charge in [-0.3, -0.25) is 0 Å². The van der Waals surface area contributed by atoms with Crippen molar-refractivity contribution in [3.05, 3.63) is 71.0 Å². The van der Waals surface area contributed by atoms with Gasteiger partial charge in [0.25, 0.3) is 0 Å². The van der Waals surface area contributed by atoms with Crippen LogP contribution >= 0.6 is 0 Å². The van der Waals surface area contributed by atoms with Crippen molar-refractivity contribution in [1.82, 2.24) is 0 Å². The van der Waals surface area contributed by atoms with Crippen LogP contribution in [0.25, 0.3) is 0 Å². The van der Waals surface area contributed by atoms with Crippen molar-refractivity contribution >= 4 is 0 Å². The maximum absolute atomic E-state index is 13.1. The fourth-order valence-electron chi connectivity index (χ4n) is 2.38. The summed E-state index contributed by atoms with van der Waals surface area (Å²) in [5, 5.41) is 0. The molecule has 1 atom stereocenters. The fourth-order valence-corrected chi connectivity index (χ4v) is 2.38. The molecular weight excluding hydrogens is 225 g/mol. The van der Waals surface area contributed by atoms with Crippen molar-refractivity contribution in [2.75, 3.05) is 0 Å². The topological polar surface area (TPSA) is 26.0 Å². The molecule has 2 heteroatoms. The number of hydrogen-bond donors (Lipinski definition) is 1. The Kier molecular flexibility index (Phi) is 3.48. The first-order chi connectivity index (χ1) is 8.49. The summed E-state index contributed by atoms with van der Waals surface area (Å²) in [5.74, 6) is -0.216. The molecule has 0 spiro atoms. The van der Waals surface area contributed by atoms with Gasteiger partial charge < -0.3 is 5.73 Å². The molecule has 0 heterocycles. The second kappa shape index (κ2) is 4.91. The molecule has 0 fully saturated rings. The molecule has 1 nitrogen and oxygen atoms in total. The Bertz CT molecular complexity index is 532. The first kappa shape index (κ1) is 12.8. The molecule has 0 radical (unpaired) electrons. The zero-order valence-electron chi connectivity index (χ0n) is 10.8. The Labute approximate surface area is 107 Å². The van der Waals surface area contributed by atoms with E-state index in [1.54, 1.807) is 6.07 Å². The second-order valence-corrected chi connectivity index (χ2v) is 5.04. The zero-order chi connectivity index (χ0) is 13.2. The standard InChI is InChI=1S/C16H18FN/c1-12-10-14(17)8-9-15(12)16(2,18)11-13-6-4-3-5-7-13/h3-10H,11,18H2,1-2H3. The van der Waals surface area contributed by atoms with E-state index in [-0.39, 0.29) is 5.82 Å². The summed E-state index contributed by atoms with van der Waals surface area (Å²) < 4.78 is 13.1. The molecule has 2 aromatic rings. The van der Waals surface area contributed by atoms with E-state index in [4.69, 9.17) is 5.73 Å². The van der Waals surface area contributed by atoms with E-state index in [1.807, 2.05) is 32.0 Å². The molecule has 0 aliphatic carbocycles. The van der Waals surface area contributed by atoms with Crippen molar-refractivity contribution in [1.29, 1.82) is 0 Å². The lowest BCUT2D eigenvalue weighted by molar-refractivity contribution is 0.487. The Morgan fingerprint density at radius 1 is 1.11 bits per heavy atom. The minimum atomic E-state index is -0.487. The van der Waals surface area contributed by atoms with Crippen molar-refractivity contribution in [3.8, 4) is 0 Å². The predicted octanol–water partition coefficient (Wildman–Crippen LogP) is 3.55. The van der Waals surface area contributed by atoms with Gasteiger partial charge in [-0.25, -0.2) is 4.39 Å². The van der Waals surface area contributed by atoms with Gasteiger partial charge in [-0.15, -0.1) is 0 Å². The number of nitrogens with two attached hydrogens (primary N) is 1. The highest BCUT2D eigenvalue weighted by molar-refractivity contribution is 5.34. The van der Waals surface area contributed by atoms with Crippen LogP contribution < -0.4 is 5.73 Å². The van der Waals surface area contributed by atoms with Gasteiger partial charge in [0.15, 0.2) is 0 Å². The Hall–Kier alpha value is -1.67. The predicted molar refractivity (Wildman–Crippen MR) is 72.8 cm³/mol. The summed E-state index contributed by atoms with van der Waals surface area (Å²) in [6.45, 7) is 3.88. The molecule has 2 aromatic carbocycles. The molecule has 0 saturated heterocycles. The van der Waals surface area contributed by atoms with E-state index < -0.39 is 5.54 Å². The molecule has 0 saturated carbocycles. The van der Waals surface area contributed by atoms with Gasteiger partial charge in [-0.1, -0.05) is 36.4 Å². The molecular formula is C16H18FN. The summed E-state index contributed by atoms with van der Waals surface area (Å²) in [4.78, 5) is 0. The number of halogens is 1. The average Bonchev–Trinajstić information content (AvgIpc) is 2.29. The summed E-state index contributed by atoms with van der Waals surface area (Å²) >= 11 is 0. The molecule has 94 valence electrons. The lowest BCUT2D eigenvalue weighted by Gasteiger charge is -2.27. The third kappa shape index (κ3) is 2.77. The first-order valence-electron chi connectivity index (χ1n) is 6.08. The Balaban J connectivity index is 2.30. The third-order valence-corrected chi connectivity index (χ3v) is 3.22. The van der Waals surface area contributed by atoms with Crippen molar-refractivity contribution in [3.63, 3.8) is 0 Å². The van der Waals surface area contributed by atoms with Gasteiger partial charge in [-0.05, 0) is 49.1 Å². The van der Waals surface area contributed by atoms with Crippen LogP contribution in [0.2, 0.25) is 0 Å². The van der Waals surface area contributed by atoms with Crippen LogP contribution in [0.1, 0.15) is 23.6 Å². The number of aryl methyl sites for hydroxylation is 1. The SMILES string of the molecule is Cc1cc(F)ccc1C(C)(N)Cc1ccccc1. The van der Waals surface area contributed by atoms with Crippen molar-refractivity contribution < 1.29 is 4.39 Å². The number of benzene rings is 2. The van der Waals surface area contributed by atoms with E-state index in [2.05, 4.69) is 12.1 Å². The molecule has 2 N–H and O–H groups in total. The van der Waals surface area contributed by atoms with E-state index in [0.29, 0.717) is 0 Å². The average molecular weight is 243 g/mol. The van der Waals surface area contributed by atoms with Gasteiger partial charge in [0.05, 0.1) is 0 Å². The second-order valence-electron chi connectivity index (χ2n) is 5.04. The van der Waals surface area contributed by atoms with Crippen LogP contribution in [-0.2, 0) is 12.0 Å². The van der Waals surface area contributed by atoms with Crippen LogP contribution in [-0.4, -0.2) is 0 Å². The monoisotopic (exact) mass is 243 g/mol. The largest absolute Gasteiger partial charge is 0.321 e. The van der Waals surface area contributed by atoms with Crippen LogP contribution in [0.3, 0.4) is 0 Å². The lowest BCUT2D eigenvalue weighted by Crippen LogP contribution is -2.36. The van der Waals surface area contributed by atoms with E-state index in [1.165, 1.54) is 17.7 Å². The molecule has 0 aromatic heterocycles. The number of rotatable bonds is 3. The van der Waals surface area contributed by atoms with Gasteiger partial charge in [0.1, 0.15) is 5.82 Å². The summed E-state index contributed by atoms with van der Waals surface area (Å²) in [6.07, 6.45) is 0.736. The highest BCUT2D eigenvalue weighted by Crippen LogP contribution is 2.26. The van der Waals surface area contributed by atoms with Gasteiger partial charge in [0.2, 0.25) is 0 Å². The van der Waals surface area contributed by atoms with Crippen LogP contribution in [0.5, 0.6) is 0 Å². The molecule has 2 rings (SSSR count). The van der Waals surface area contributed by atoms with E-state index in [0.717, 1.165) is 17.5 Å². The molecule has 1 unspecified atom stereocenters. The van der Waals surface area contributed by atoms with Crippen LogP contribution in [0.15, 0.2) is 48.5 Å². The quantitative estimate of drug-likeness (QED) is 0.876. The fraction of sp³-hybridized carbons (Fsp3) is 0.250. The minimum absolute atomic E-state index is 0.216.